The molecule has 0 atom stereocenters. The van der Waals surface area contributed by atoms with E-state index in [9.17, 15) is 9.59 Å². The summed E-state index contributed by atoms with van der Waals surface area (Å²) in [4.78, 5) is 24.7. The van der Waals surface area contributed by atoms with Crippen LogP contribution in [0.25, 0.3) is 16.5 Å². The van der Waals surface area contributed by atoms with Gasteiger partial charge < -0.3 is 20.5 Å². The average Bonchev–Trinajstić information content (AvgIpc) is 2.87. The number of anilines is 1. The lowest BCUT2D eigenvalue weighted by Gasteiger charge is -2.12. The summed E-state index contributed by atoms with van der Waals surface area (Å²) in [6.45, 7) is 3.64. The molecule has 4 rings (SSSR count). The molecule has 4 aromatic carbocycles. The van der Waals surface area contributed by atoms with Gasteiger partial charge in [-0.2, -0.15) is 0 Å². The molecule has 0 aliphatic carbocycles. The van der Waals surface area contributed by atoms with E-state index in [4.69, 9.17) is 15.2 Å². The number of aryl methyl sites for hydroxylation is 2. The number of nitrogens with two attached hydrogens (primary N) is 1. The zero-order valence-corrected chi connectivity index (χ0v) is 20.3. The molecule has 0 aliphatic rings. The van der Waals surface area contributed by atoms with E-state index >= 15 is 0 Å². The van der Waals surface area contributed by atoms with Gasteiger partial charge in [-0.25, -0.2) is 0 Å². The van der Waals surface area contributed by atoms with Gasteiger partial charge in [-0.05, 0) is 60.0 Å². The molecule has 0 heterocycles. The van der Waals surface area contributed by atoms with Crippen molar-refractivity contribution in [1.29, 1.82) is 0 Å². The van der Waals surface area contributed by atoms with E-state index in [1.165, 1.54) is 6.08 Å². The molecule has 6 nitrogen and oxygen atoms in total. The van der Waals surface area contributed by atoms with E-state index in [-0.39, 0.29) is 24.9 Å². The van der Waals surface area contributed by atoms with Crippen LogP contribution in [0.5, 0.6) is 11.5 Å². The van der Waals surface area contributed by atoms with Crippen molar-refractivity contribution in [3.8, 4) is 11.5 Å². The highest BCUT2D eigenvalue weighted by Crippen LogP contribution is 2.23. The molecule has 0 spiro atoms. The first-order valence-corrected chi connectivity index (χ1v) is 11.6. The molecule has 0 radical (unpaired) electrons. The van der Waals surface area contributed by atoms with E-state index in [0.717, 1.165) is 33.2 Å². The van der Waals surface area contributed by atoms with E-state index in [2.05, 4.69) is 5.32 Å². The van der Waals surface area contributed by atoms with Crippen molar-refractivity contribution >= 4 is 33.8 Å². The van der Waals surface area contributed by atoms with E-state index in [0.29, 0.717) is 17.1 Å². The van der Waals surface area contributed by atoms with Gasteiger partial charge in [-0.15, -0.1) is 0 Å². The Morgan fingerprint density at radius 3 is 2.22 bits per heavy atom. The second-order valence-corrected chi connectivity index (χ2v) is 8.46. The number of carbonyl (C=O) groups excluding carboxylic acids is 2. The predicted octanol–water partition coefficient (Wildman–Crippen LogP) is 5.42. The first-order chi connectivity index (χ1) is 17.4. The maximum absolute atomic E-state index is 12.4. The van der Waals surface area contributed by atoms with Gasteiger partial charge in [0, 0.05) is 23.0 Å². The molecule has 0 fully saturated rings. The number of hydrogen-bond acceptors (Lipinski definition) is 5. The molecule has 0 unspecified atom stereocenters. The van der Waals surface area contributed by atoms with E-state index in [1.807, 2.05) is 74.5 Å². The van der Waals surface area contributed by atoms with Gasteiger partial charge in [0.1, 0.15) is 11.5 Å². The van der Waals surface area contributed by atoms with Crippen LogP contribution in [0, 0.1) is 13.8 Å². The summed E-state index contributed by atoms with van der Waals surface area (Å²) in [5.74, 6) is 0.707. The van der Waals surface area contributed by atoms with Crippen LogP contribution in [-0.2, 0) is 9.59 Å². The number of rotatable bonds is 9. The summed E-state index contributed by atoms with van der Waals surface area (Å²) in [5, 5.41) is 4.83. The number of ketones is 1. The summed E-state index contributed by atoms with van der Waals surface area (Å²) in [6.07, 6.45) is 1.40. The van der Waals surface area contributed by atoms with Crippen LogP contribution in [0.15, 0.2) is 91.0 Å². The van der Waals surface area contributed by atoms with Crippen molar-refractivity contribution in [1.82, 2.24) is 0 Å². The van der Waals surface area contributed by atoms with Crippen molar-refractivity contribution in [3.05, 3.63) is 108 Å². The smallest absolute Gasteiger partial charge is 0.262 e. The average molecular weight is 481 g/mol. The third-order valence-corrected chi connectivity index (χ3v) is 5.69. The van der Waals surface area contributed by atoms with Crippen LogP contribution in [0.2, 0.25) is 0 Å². The topological polar surface area (TPSA) is 90.6 Å². The Morgan fingerprint density at radius 2 is 1.47 bits per heavy atom. The molecule has 0 bridgehead atoms. The van der Waals surface area contributed by atoms with Gasteiger partial charge in [0.2, 0.25) is 0 Å². The number of fused-ring (bicyclic) bond motifs is 1. The van der Waals surface area contributed by atoms with Gasteiger partial charge in [0.05, 0.1) is 0 Å². The van der Waals surface area contributed by atoms with Crippen LogP contribution >= 0.6 is 0 Å². The minimum absolute atomic E-state index is 0.0943. The van der Waals surface area contributed by atoms with Crippen LogP contribution in [0.4, 0.5) is 5.69 Å². The standard InChI is InChI=1S/C30H28N2O4/c1-20-7-5-8-21(2)30(20)36-19-29(34)32-23-13-15-25(16-14-23)35-18-24(33)17-28(31)27-12-6-10-22-9-3-4-11-26(22)27/h3-17H,18-19,31H2,1-2H3,(H,32,34)/b28-17-. The number of carbonyl (C=O) groups is 2. The minimum atomic E-state index is -0.268. The SMILES string of the molecule is Cc1cccc(C)c1OCC(=O)Nc1ccc(OCC(=O)/C=C(\N)c2cccc3ccccc23)cc1. The van der Waals surface area contributed by atoms with Crippen LogP contribution < -0.4 is 20.5 Å². The molecule has 3 N–H and O–H groups in total. The normalized spacial score (nSPS) is 11.2. The van der Waals surface area contributed by atoms with Crippen molar-refractivity contribution in [2.45, 2.75) is 13.8 Å². The van der Waals surface area contributed by atoms with E-state index in [1.54, 1.807) is 24.3 Å². The fraction of sp³-hybridized carbons (Fsp3) is 0.133. The second kappa shape index (κ2) is 11.2. The summed E-state index contributed by atoms with van der Waals surface area (Å²) in [6, 6.07) is 26.3. The van der Waals surface area contributed by atoms with Crippen molar-refractivity contribution in [2.24, 2.45) is 5.73 Å². The van der Waals surface area contributed by atoms with Gasteiger partial charge in [-0.3, -0.25) is 9.59 Å². The number of amides is 1. The Kier molecular flexibility index (Phi) is 7.66. The maximum Gasteiger partial charge on any atom is 0.262 e. The fourth-order valence-corrected chi connectivity index (χ4v) is 3.92. The van der Waals surface area contributed by atoms with Gasteiger partial charge in [-0.1, -0.05) is 60.7 Å². The Balaban J connectivity index is 1.29. The van der Waals surface area contributed by atoms with Crippen LogP contribution in [-0.4, -0.2) is 24.9 Å². The largest absolute Gasteiger partial charge is 0.485 e. The summed E-state index contributed by atoms with van der Waals surface area (Å²) >= 11 is 0. The predicted molar refractivity (Wildman–Crippen MR) is 143 cm³/mol. The second-order valence-electron chi connectivity index (χ2n) is 8.46. The Labute approximate surface area is 210 Å². The molecule has 0 saturated carbocycles. The Hall–Kier alpha value is -4.58. The van der Waals surface area contributed by atoms with E-state index < -0.39 is 0 Å². The number of para-hydroxylation sites is 1. The molecular weight excluding hydrogens is 452 g/mol. The van der Waals surface area contributed by atoms with Gasteiger partial charge in [0.25, 0.3) is 5.91 Å². The zero-order chi connectivity index (χ0) is 25.5. The molecule has 0 aliphatic heterocycles. The molecule has 4 aromatic rings. The highest BCUT2D eigenvalue weighted by molar-refractivity contribution is 6.01. The monoisotopic (exact) mass is 480 g/mol. The maximum atomic E-state index is 12.4. The molecule has 36 heavy (non-hydrogen) atoms. The third kappa shape index (κ3) is 6.10. The highest BCUT2D eigenvalue weighted by atomic mass is 16.5. The Bertz CT molecular complexity index is 1400. The summed E-state index contributed by atoms with van der Waals surface area (Å²) in [7, 11) is 0. The fourth-order valence-electron chi connectivity index (χ4n) is 3.92. The third-order valence-electron chi connectivity index (χ3n) is 5.69. The van der Waals surface area contributed by atoms with Crippen LogP contribution in [0.1, 0.15) is 16.7 Å². The first-order valence-electron chi connectivity index (χ1n) is 11.6. The Morgan fingerprint density at radius 1 is 0.806 bits per heavy atom. The van der Waals surface area contributed by atoms with Crippen LogP contribution in [0.3, 0.4) is 0 Å². The molecule has 6 heteroatoms. The zero-order valence-electron chi connectivity index (χ0n) is 20.3. The highest BCUT2D eigenvalue weighted by Gasteiger charge is 2.09. The quantitative estimate of drug-likeness (QED) is 0.312. The van der Waals surface area contributed by atoms with Crippen molar-refractivity contribution in [3.63, 3.8) is 0 Å². The molecular formula is C30H28N2O4. The molecule has 0 aromatic heterocycles. The number of benzene rings is 4. The molecule has 1 amide bonds. The van der Waals surface area contributed by atoms with Gasteiger partial charge in [0.15, 0.2) is 19.0 Å². The molecule has 0 saturated heterocycles. The first kappa shape index (κ1) is 24.5. The number of hydrogen-bond donors (Lipinski definition) is 2. The van der Waals surface area contributed by atoms with Crippen molar-refractivity contribution in [2.75, 3.05) is 18.5 Å². The lowest BCUT2D eigenvalue weighted by atomic mass is 10.0. The lowest BCUT2D eigenvalue weighted by Crippen LogP contribution is -2.20. The molecule has 182 valence electrons. The lowest BCUT2D eigenvalue weighted by molar-refractivity contribution is -0.118. The van der Waals surface area contributed by atoms with Gasteiger partial charge >= 0.3 is 0 Å². The number of nitrogens with one attached hydrogen (secondary N) is 1. The summed E-state index contributed by atoms with van der Waals surface area (Å²) in [5.41, 5.74) is 9.97. The van der Waals surface area contributed by atoms with Crippen molar-refractivity contribution < 1.29 is 19.1 Å². The number of ether oxygens (including phenoxy) is 2. The minimum Gasteiger partial charge on any atom is -0.485 e. The summed E-state index contributed by atoms with van der Waals surface area (Å²) < 4.78 is 11.3.